The second-order valence-electron chi connectivity index (χ2n) is 8.43. The monoisotopic (exact) mass is 446 g/mol. The van der Waals surface area contributed by atoms with Crippen LogP contribution in [0.2, 0.25) is 0 Å². The summed E-state index contributed by atoms with van der Waals surface area (Å²) in [6, 6.07) is 0. The minimum absolute atomic E-state index is 0.121. The summed E-state index contributed by atoms with van der Waals surface area (Å²) in [4.78, 5) is 11.7. The summed E-state index contributed by atoms with van der Waals surface area (Å²) < 4.78 is 27.2. The first-order valence-electron chi connectivity index (χ1n) is 12.6. The Labute approximate surface area is 191 Å². The molecule has 0 aliphatic carbocycles. The van der Waals surface area contributed by atoms with E-state index in [0.29, 0.717) is 65.7 Å². The summed E-state index contributed by atoms with van der Waals surface area (Å²) in [6.45, 7) is 12.1. The molecule has 0 fully saturated rings. The number of carbonyl (C=O) groups is 1. The molecule has 0 amide bonds. The summed E-state index contributed by atoms with van der Waals surface area (Å²) in [5.74, 6) is 0.657. The maximum Gasteiger partial charge on any atom is 0.305 e. The number of hydrogen-bond donors (Lipinski definition) is 0. The molecule has 0 spiro atoms. The molecular formula is C25H50O6. The SMILES string of the molecule is CCCCCCOCCOCCOCCOCCCC(=O)OCCCCCCC(C)C. The molecule has 0 bridgehead atoms. The van der Waals surface area contributed by atoms with Gasteiger partial charge >= 0.3 is 5.97 Å². The van der Waals surface area contributed by atoms with E-state index in [9.17, 15) is 4.79 Å². The van der Waals surface area contributed by atoms with Crippen molar-refractivity contribution < 1.29 is 28.5 Å². The fourth-order valence-electron chi connectivity index (χ4n) is 2.98. The molecule has 186 valence electrons. The highest BCUT2D eigenvalue weighted by Crippen LogP contribution is 2.09. The molecule has 0 N–H and O–H groups in total. The smallest absolute Gasteiger partial charge is 0.305 e. The fraction of sp³-hybridized carbons (Fsp3) is 0.960. The lowest BCUT2D eigenvalue weighted by molar-refractivity contribution is -0.144. The Bertz CT molecular complexity index is 362. The highest BCUT2D eigenvalue weighted by molar-refractivity contribution is 5.69. The average molecular weight is 447 g/mol. The molecule has 0 saturated carbocycles. The molecule has 0 aromatic heterocycles. The van der Waals surface area contributed by atoms with Crippen LogP contribution in [-0.2, 0) is 28.5 Å². The van der Waals surface area contributed by atoms with Gasteiger partial charge in [-0.3, -0.25) is 4.79 Å². The Hall–Kier alpha value is -0.690. The quantitative estimate of drug-likeness (QED) is 0.135. The van der Waals surface area contributed by atoms with Crippen LogP contribution in [0, 0.1) is 5.92 Å². The van der Waals surface area contributed by atoms with Gasteiger partial charge in [-0.15, -0.1) is 0 Å². The van der Waals surface area contributed by atoms with Gasteiger partial charge in [0, 0.05) is 19.6 Å². The first kappa shape index (κ1) is 30.3. The first-order chi connectivity index (χ1) is 15.2. The molecule has 0 aliphatic heterocycles. The van der Waals surface area contributed by atoms with Gasteiger partial charge in [-0.2, -0.15) is 0 Å². The third kappa shape index (κ3) is 27.3. The van der Waals surface area contributed by atoms with E-state index in [1.807, 2.05) is 0 Å². The zero-order chi connectivity index (χ0) is 22.8. The molecule has 0 heterocycles. The van der Waals surface area contributed by atoms with Gasteiger partial charge in [-0.1, -0.05) is 65.7 Å². The predicted molar refractivity (Wildman–Crippen MR) is 126 cm³/mol. The van der Waals surface area contributed by atoms with E-state index in [2.05, 4.69) is 20.8 Å². The third-order valence-electron chi connectivity index (χ3n) is 4.87. The lowest BCUT2D eigenvalue weighted by Gasteiger charge is -2.08. The molecule has 0 aromatic carbocycles. The summed E-state index contributed by atoms with van der Waals surface area (Å²) in [5.41, 5.74) is 0. The molecule has 0 atom stereocenters. The number of unbranched alkanes of at least 4 members (excludes halogenated alkanes) is 6. The molecule has 0 saturated heterocycles. The predicted octanol–water partition coefficient (Wildman–Crippen LogP) is 5.56. The van der Waals surface area contributed by atoms with Crippen LogP contribution in [0.4, 0.5) is 0 Å². The Kier molecular flexibility index (Phi) is 25.0. The van der Waals surface area contributed by atoms with Crippen LogP contribution >= 0.6 is 0 Å². The topological polar surface area (TPSA) is 63.2 Å². The van der Waals surface area contributed by atoms with Crippen LogP contribution in [0.25, 0.3) is 0 Å². The lowest BCUT2D eigenvalue weighted by Crippen LogP contribution is -2.12. The first-order valence-corrected chi connectivity index (χ1v) is 12.6. The van der Waals surface area contributed by atoms with Gasteiger partial charge in [-0.25, -0.2) is 0 Å². The van der Waals surface area contributed by atoms with Crippen LogP contribution in [0.15, 0.2) is 0 Å². The summed E-state index contributed by atoms with van der Waals surface area (Å²) in [6.07, 6.45) is 11.9. The van der Waals surface area contributed by atoms with E-state index in [1.54, 1.807) is 0 Å². The maximum atomic E-state index is 11.7. The van der Waals surface area contributed by atoms with Gasteiger partial charge in [0.1, 0.15) is 0 Å². The second-order valence-corrected chi connectivity index (χ2v) is 8.43. The summed E-state index contributed by atoms with van der Waals surface area (Å²) >= 11 is 0. The number of ether oxygens (including phenoxy) is 5. The van der Waals surface area contributed by atoms with Crippen LogP contribution in [0.1, 0.15) is 91.4 Å². The standard InChI is InChI=1S/C25H50O6/c1-4-5-6-10-15-27-18-20-29-22-23-30-21-19-28-16-12-14-25(26)31-17-11-8-7-9-13-24(2)3/h24H,4-23H2,1-3H3. The molecule has 0 radical (unpaired) electrons. The zero-order valence-electron chi connectivity index (χ0n) is 20.7. The Morgan fingerprint density at radius 2 is 1.06 bits per heavy atom. The van der Waals surface area contributed by atoms with E-state index in [4.69, 9.17) is 23.7 Å². The number of rotatable bonds is 25. The van der Waals surface area contributed by atoms with Gasteiger partial charge in [0.2, 0.25) is 0 Å². The molecule has 6 nitrogen and oxygen atoms in total. The molecular weight excluding hydrogens is 396 g/mol. The van der Waals surface area contributed by atoms with Crippen LogP contribution in [-0.4, -0.2) is 65.4 Å². The van der Waals surface area contributed by atoms with Gasteiger partial charge in [0.15, 0.2) is 0 Å². The van der Waals surface area contributed by atoms with Crippen molar-refractivity contribution in [3.63, 3.8) is 0 Å². The Morgan fingerprint density at radius 3 is 1.65 bits per heavy atom. The van der Waals surface area contributed by atoms with E-state index >= 15 is 0 Å². The van der Waals surface area contributed by atoms with E-state index in [1.165, 1.54) is 38.5 Å². The highest BCUT2D eigenvalue weighted by atomic mass is 16.6. The summed E-state index contributed by atoms with van der Waals surface area (Å²) in [7, 11) is 0. The maximum absolute atomic E-state index is 11.7. The van der Waals surface area contributed by atoms with Gasteiger partial charge in [-0.05, 0) is 25.2 Å². The number of carbonyl (C=O) groups excluding carboxylic acids is 1. The van der Waals surface area contributed by atoms with Crippen molar-refractivity contribution in [2.45, 2.75) is 91.4 Å². The number of esters is 1. The zero-order valence-corrected chi connectivity index (χ0v) is 20.7. The normalized spacial score (nSPS) is 11.4. The van der Waals surface area contributed by atoms with Crippen molar-refractivity contribution in [2.24, 2.45) is 5.92 Å². The number of hydrogen-bond acceptors (Lipinski definition) is 6. The molecule has 6 heteroatoms. The molecule has 0 unspecified atom stereocenters. The van der Waals surface area contributed by atoms with E-state index in [-0.39, 0.29) is 5.97 Å². The fourth-order valence-corrected chi connectivity index (χ4v) is 2.98. The minimum Gasteiger partial charge on any atom is -0.466 e. The van der Waals surface area contributed by atoms with Crippen molar-refractivity contribution >= 4 is 5.97 Å². The van der Waals surface area contributed by atoms with Crippen molar-refractivity contribution in [3.8, 4) is 0 Å². The largest absolute Gasteiger partial charge is 0.466 e. The molecule has 31 heavy (non-hydrogen) atoms. The van der Waals surface area contributed by atoms with E-state index < -0.39 is 0 Å². The van der Waals surface area contributed by atoms with Crippen molar-refractivity contribution in [1.82, 2.24) is 0 Å². The van der Waals surface area contributed by atoms with Crippen LogP contribution in [0.3, 0.4) is 0 Å². The second kappa shape index (κ2) is 25.6. The summed E-state index contributed by atoms with van der Waals surface area (Å²) in [5, 5.41) is 0. The molecule has 0 aliphatic rings. The Balaban J connectivity index is 3.13. The van der Waals surface area contributed by atoms with Crippen molar-refractivity contribution in [1.29, 1.82) is 0 Å². The lowest BCUT2D eigenvalue weighted by atomic mass is 10.0. The van der Waals surface area contributed by atoms with Crippen molar-refractivity contribution in [2.75, 3.05) is 59.5 Å². The van der Waals surface area contributed by atoms with Gasteiger partial charge < -0.3 is 23.7 Å². The Morgan fingerprint density at radius 1 is 0.581 bits per heavy atom. The van der Waals surface area contributed by atoms with Gasteiger partial charge in [0.25, 0.3) is 0 Å². The van der Waals surface area contributed by atoms with Crippen LogP contribution in [0.5, 0.6) is 0 Å². The van der Waals surface area contributed by atoms with Gasteiger partial charge in [0.05, 0.1) is 46.2 Å². The van der Waals surface area contributed by atoms with Crippen LogP contribution < -0.4 is 0 Å². The van der Waals surface area contributed by atoms with Crippen molar-refractivity contribution in [3.05, 3.63) is 0 Å². The molecule has 0 rings (SSSR count). The molecule has 0 aromatic rings. The minimum atomic E-state index is -0.121. The average Bonchev–Trinajstić information content (AvgIpc) is 2.75. The van der Waals surface area contributed by atoms with E-state index in [0.717, 1.165) is 31.8 Å². The third-order valence-corrected chi connectivity index (χ3v) is 4.87. The highest BCUT2D eigenvalue weighted by Gasteiger charge is 2.03.